The molecule has 0 aliphatic rings. The number of amides is 1. The Morgan fingerprint density at radius 3 is 2.94 bits per heavy atom. The van der Waals surface area contributed by atoms with E-state index in [4.69, 9.17) is 11.6 Å². The van der Waals surface area contributed by atoms with Crippen molar-refractivity contribution in [3.63, 3.8) is 0 Å². The van der Waals surface area contributed by atoms with Gasteiger partial charge in [-0.05, 0) is 42.2 Å². The van der Waals surface area contributed by atoms with E-state index in [0.29, 0.717) is 9.90 Å². The molecule has 1 amide bonds. The number of hydrogen-bond acceptors (Lipinski definition) is 3. The average molecular weight is 253 g/mol. The number of rotatable bonds is 2. The van der Waals surface area contributed by atoms with Gasteiger partial charge >= 0.3 is 0 Å². The van der Waals surface area contributed by atoms with Crippen LogP contribution in [0.2, 0.25) is 5.02 Å². The summed E-state index contributed by atoms with van der Waals surface area (Å²) in [6, 6.07) is 7.09. The molecule has 0 saturated heterocycles. The third-order valence-electron chi connectivity index (χ3n) is 2.18. The van der Waals surface area contributed by atoms with Gasteiger partial charge in [-0.1, -0.05) is 17.7 Å². The van der Waals surface area contributed by atoms with Crippen molar-refractivity contribution in [1.82, 2.24) is 4.37 Å². The van der Waals surface area contributed by atoms with Crippen molar-refractivity contribution in [2.75, 3.05) is 5.32 Å². The summed E-state index contributed by atoms with van der Waals surface area (Å²) in [6.45, 7) is 1.87. The predicted molar refractivity (Wildman–Crippen MR) is 66.3 cm³/mol. The van der Waals surface area contributed by atoms with Crippen LogP contribution in [0.3, 0.4) is 0 Å². The highest BCUT2D eigenvalue weighted by atomic mass is 35.5. The minimum atomic E-state index is -0.159. The van der Waals surface area contributed by atoms with E-state index in [0.717, 1.165) is 11.3 Å². The van der Waals surface area contributed by atoms with E-state index in [9.17, 15) is 4.79 Å². The maximum absolute atomic E-state index is 11.8. The van der Waals surface area contributed by atoms with Gasteiger partial charge in [-0.15, -0.1) is 0 Å². The van der Waals surface area contributed by atoms with E-state index in [1.54, 1.807) is 24.4 Å². The summed E-state index contributed by atoms with van der Waals surface area (Å²) >= 11 is 7.13. The molecule has 0 atom stereocenters. The fourth-order valence-electron chi connectivity index (χ4n) is 1.26. The number of carbonyl (C=O) groups is 1. The molecule has 3 nitrogen and oxygen atoms in total. The average Bonchev–Trinajstić information content (AvgIpc) is 2.78. The van der Waals surface area contributed by atoms with Crippen LogP contribution in [-0.2, 0) is 0 Å². The zero-order valence-electron chi connectivity index (χ0n) is 8.53. The number of nitrogens with zero attached hydrogens (tertiary/aromatic N) is 1. The molecule has 0 aliphatic carbocycles. The molecular weight excluding hydrogens is 244 g/mol. The number of nitrogens with one attached hydrogen (secondary N) is 1. The zero-order valence-corrected chi connectivity index (χ0v) is 10.1. The van der Waals surface area contributed by atoms with Crippen molar-refractivity contribution in [2.45, 2.75) is 6.92 Å². The molecule has 1 N–H and O–H groups in total. The minimum absolute atomic E-state index is 0.159. The van der Waals surface area contributed by atoms with Crippen molar-refractivity contribution >= 4 is 34.7 Å². The SMILES string of the molecule is Cc1c(Cl)cccc1NC(=O)c1ccns1. The highest BCUT2D eigenvalue weighted by Crippen LogP contribution is 2.23. The molecule has 0 unspecified atom stereocenters. The number of anilines is 1. The van der Waals surface area contributed by atoms with Crippen molar-refractivity contribution < 1.29 is 4.79 Å². The second kappa shape index (κ2) is 4.63. The molecule has 0 aliphatic heterocycles. The molecule has 0 spiro atoms. The molecule has 1 aromatic heterocycles. The smallest absolute Gasteiger partial charge is 0.267 e. The highest BCUT2D eigenvalue weighted by molar-refractivity contribution is 7.08. The Bertz CT molecular complexity index is 511. The lowest BCUT2D eigenvalue weighted by molar-refractivity contribution is 0.103. The molecule has 0 radical (unpaired) electrons. The normalized spacial score (nSPS) is 10.1. The van der Waals surface area contributed by atoms with Gasteiger partial charge in [0.15, 0.2) is 0 Å². The van der Waals surface area contributed by atoms with Crippen LogP contribution in [0.5, 0.6) is 0 Å². The second-order valence-corrected chi connectivity index (χ2v) is 4.48. The molecule has 1 heterocycles. The Hall–Kier alpha value is -1.39. The molecule has 1 aromatic carbocycles. The quantitative estimate of drug-likeness (QED) is 0.891. The summed E-state index contributed by atoms with van der Waals surface area (Å²) < 4.78 is 3.88. The second-order valence-electron chi connectivity index (χ2n) is 3.24. The van der Waals surface area contributed by atoms with Gasteiger partial charge in [0.2, 0.25) is 0 Å². The van der Waals surface area contributed by atoms with Gasteiger partial charge in [-0.2, -0.15) is 0 Å². The number of carbonyl (C=O) groups excluding carboxylic acids is 1. The van der Waals surface area contributed by atoms with Crippen LogP contribution in [0, 0.1) is 6.92 Å². The van der Waals surface area contributed by atoms with Crippen molar-refractivity contribution in [3.8, 4) is 0 Å². The fraction of sp³-hybridized carbons (Fsp3) is 0.0909. The molecule has 2 aromatic rings. The van der Waals surface area contributed by atoms with Crippen LogP contribution in [-0.4, -0.2) is 10.3 Å². The Morgan fingerprint density at radius 1 is 1.44 bits per heavy atom. The number of benzene rings is 1. The maximum Gasteiger partial charge on any atom is 0.267 e. The third-order valence-corrected chi connectivity index (χ3v) is 3.33. The zero-order chi connectivity index (χ0) is 11.5. The van der Waals surface area contributed by atoms with Gasteiger partial charge in [-0.25, -0.2) is 4.37 Å². The Labute approximate surface area is 102 Å². The summed E-state index contributed by atoms with van der Waals surface area (Å²) in [6.07, 6.45) is 1.60. The van der Waals surface area contributed by atoms with Gasteiger partial charge in [-0.3, -0.25) is 4.79 Å². The van der Waals surface area contributed by atoms with Gasteiger partial charge in [0.05, 0.1) is 0 Å². The minimum Gasteiger partial charge on any atom is -0.321 e. The highest BCUT2D eigenvalue weighted by Gasteiger charge is 2.09. The summed E-state index contributed by atoms with van der Waals surface area (Å²) in [4.78, 5) is 12.3. The maximum atomic E-state index is 11.8. The summed E-state index contributed by atoms with van der Waals surface area (Å²) in [5, 5.41) is 3.44. The molecule has 0 saturated carbocycles. The first-order chi connectivity index (χ1) is 7.68. The molecule has 16 heavy (non-hydrogen) atoms. The Morgan fingerprint density at radius 2 is 2.25 bits per heavy atom. The van der Waals surface area contributed by atoms with Gasteiger partial charge in [0.25, 0.3) is 5.91 Å². The van der Waals surface area contributed by atoms with E-state index >= 15 is 0 Å². The van der Waals surface area contributed by atoms with Gasteiger partial charge in [0, 0.05) is 16.9 Å². The van der Waals surface area contributed by atoms with E-state index < -0.39 is 0 Å². The largest absolute Gasteiger partial charge is 0.321 e. The Balaban J connectivity index is 2.22. The summed E-state index contributed by atoms with van der Waals surface area (Å²) in [5.74, 6) is -0.159. The number of aromatic nitrogens is 1. The molecule has 82 valence electrons. The third kappa shape index (κ3) is 2.23. The number of halogens is 1. The molecular formula is C11H9ClN2OS. The summed E-state index contributed by atoms with van der Waals surface area (Å²) in [5.41, 5.74) is 1.59. The van der Waals surface area contributed by atoms with Crippen LogP contribution in [0.4, 0.5) is 5.69 Å². The fourth-order valence-corrected chi connectivity index (χ4v) is 1.93. The van der Waals surface area contributed by atoms with Crippen LogP contribution >= 0.6 is 23.1 Å². The number of hydrogen-bond donors (Lipinski definition) is 1. The van der Waals surface area contributed by atoms with Crippen molar-refractivity contribution in [1.29, 1.82) is 0 Å². The van der Waals surface area contributed by atoms with E-state index in [-0.39, 0.29) is 5.91 Å². The van der Waals surface area contributed by atoms with E-state index in [1.165, 1.54) is 11.5 Å². The molecule has 0 fully saturated rings. The predicted octanol–water partition coefficient (Wildman–Crippen LogP) is 3.36. The van der Waals surface area contributed by atoms with E-state index in [2.05, 4.69) is 9.69 Å². The molecule has 5 heteroatoms. The molecule has 0 bridgehead atoms. The first kappa shape index (κ1) is 11.1. The van der Waals surface area contributed by atoms with Crippen LogP contribution < -0.4 is 5.32 Å². The lowest BCUT2D eigenvalue weighted by Gasteiger charge is -2.07. The van der Waals surface area contributed by atoms with Crippen LogP contribution in [0.25, 0.3) is 0 Å². The van der Waals surface area contributed by atoms with Gasteiger partial charge in [0.1, 0.15) is 4.88 Å². The first-order valence-corrected chi connectivity index (χ1v) is 5.81. The van der Waals surface area contributed by atoms with Gasteiger partial charge < -0.3 is 5.32 Å². The lowest BCUT2D eigenvalue weighted by Crippen LogP contribution is -2.11. The lowest BCUT2D eigenvalue weighted by atomic mass is 10.2. The van der Waals surface area contributed by atoms with E-state index in [1.807, 2.05) is 13.0 Å². The Kier molecular flexibility index (Phi) is 3.22. The summed E-state index contributed by atoms with van der Waals surface area (Å²) in [7, 11) is 0. The molecule has 2 rings (SSSR count). The van der Waals surface area contributed by atoms with Crippen LogP contribution in [0.1, 0.15) is 15.2 Å². The van der Waals surface area contributed by atoms with Crippen molar-refractivity contribution in [3.05, 3.63) is 45.9 Å². The first-order valence-electron chi connectivity index (χ1n) is 4.65. The monoisotopic (exact) mass is 252 g/mol. The van der Waals surface area contributed by atoms with Crippen LogP contribution in [0.15, 0.2) is 30.5 Å². The van der Waals surface area contributed by atoms with Crippen molar-refractivity contribution in [2.24, 2.45) is 0 Å². The topological polar surface area (TPSA) is 42.0 Å². The standard InChI is InChI=1S/C11H9ClN2OS/c1-7-8(12)3-2-4-9(7)14-11(15)10-5-6-13-16-10/h2-6H,1H3,(H,14,15).